The summed E-state index contributed by atoms with van der Waals surface area (Å²) in [6, 6.07) is 7.19. The third-order valence-corrected chi connectivity index (χ3v) is 5.07. The highest BCUT2D eigenvalue weighted by atomic mass is 32.2. The van der Waals surface area contributed by atoms with Gasteiger partial charge in [-0.05, 0) is 32.4 Å². The van der Waals surface area contributed by atoms with E-state index in [9.17, 15) is 14.1 Å². The lowest BCUT2D eigenvalue weighted by atomic mass is 9.94. The maximum Gasteiger partial charge on any atom is 0.250 e. The summed E-state index contributed by atoms with van der Waals surface area (Å²) in [5.74, 6) is -0.817. The van der Waals surface area contributed by atoms with Gasteiger partial charge in [-0.25, -0.2) is 0 Å². The first-order valence-corrected chi connectivity index (χ1v) is 7.53. The smallest absolute Gasteiger partial charge is 0.250 e. The average Bonchev–Trinajstić information content (AvgIpc) is 2.37. The minimum Gasteiger partial charge on any atom is -0.379 e. The molecule has 0 radical (unpaired) electrons. The van der Waals surface area contributed by atoms with Gasteiger partial charge in [-0.15, -0.1) is 0 Å². The van der Waals surface area contributed by atoms with Crippen molar-refractivity contribution >= 4 is 16.7 Å². The first kappa shape index (κ1) is 15.9. The monoisotopic (exact) mass is 283 g/mol. The molecule has 1 aromatic carbocycles. The first-order chi connectivity index (χ1) is 8.82. The molecule has 106 valence electrons. The summed E-state index contributed by atoms with van der Waals surface area (Å²) in [7, 11) is -1.48. The number of hydrogen-bond donors (Lipinski definition) is 2. The molecule has 19 heavy (non-hydrogen) atoms. The van der Waals surface area contributed by atoms with Gasteiger partial charge >= 0.3 is 0 Å². The van der Waals surface area contributed by atoms with Crippen molar-refractivity contribution in [3.63, 3.8) is 0 Å². The summed E-state index contributed by atoms with van der Waals surface area (Å²) in [5, 5.41) is 9.63. The summed E-state index contributed by atoms with van der Waals surface area (Å²) in [5.41, 5.74) is 4.61. The summed E-state index contributed by atoms with van der Waals surface area (Å²) < 4.78 is 12.4. The van der Waals surface area contributed by atoms with Crippen molar-refractivity contribution in [1.29, 1.82) is 0 Å². The number of carbonyl (C=O) groups is 1. The molecule has 3 N–H and O–H groups in total. The van der Waals surface area contributed by atoms with Crippen LogP contribution in [0.5, 0.6) is 0 Å². The molecule has 1 unspecified atom stereocenters. The number of aliphatic hydroxyl groups is 1. The number of rotatable bonds is 6. The van der Waals surface area contributed by atoms with E-state index in [1.165, 1.54) is 0 Å². The van der Waals surface area contributed by atoms with Gasteiger partial charge < -0.3 is 10.8 Å². The van der Waals surface area contributed by atoms with Crippen LogP contribution in [-0.4, -0.2) is 26.1 Å². The predicted octanol–water partition coefficient (Wildman–Crippen LogP) is 1.51. The predicted molar refractivity (Wildman–Crippen MR) is 76.1 cm³/mol. The van der Waals surface area contributed by atoms with E-state index in [2.05, 4.69) is 0 Å². The Morgan fingerprint density at radius 2 is 1.95 bits per heavy atom. The van der Waals surface area contributed by atoms with E-state index in [0.717, 1.165) is 5.56 Å². The molecule has 0 saturated carbocycles. The average molecular weight is 283 g/mol. The maximum absolute atomic E-state index is 12.4. The van der Waals surface area contributed by atoms with Crippen molar-refractivity contribution < 1.29 is 14.1 Å². The van der Waals surface area contributed by atoms with Gasteiger partial charge in [0.1, 0.15) is 0 Å². The van der Waals surface area contributed by atoms with Crippen molar-refractivity contribution in [1.82, 2.24) is 0 Å². The van der Waals surface area contributed by atoms with Crippen LogP contribution in [-0.2, 0) is 15.6 Å². The fraction of sp³-hybridized carbons (Fsp3) is 0.500. The molecule has 3 atom stereocenters. The Hall–Kier alpha value is -1.20. The molecule has 1 aromatic rings. The molecule has 4 nitrogen and oxygen atoms in total. The second-order valence-electron chi connectivity index (χ2n) is 4.79. The zero-order chi connectivity index (χ0) is 14.6. The van der Waals surface area contributed by atoms with Crippen molar-refractivity contribution in [2.45, 2.75) is 49.4 Å². The van der Waals surface area contributed by atoms with Gasteiger partial charge in [0.15, 0.2) is 5.60 Å². The van der Waals surface area contributed by atoms with Crippen molar-refractivity contribution in [3.8, 4) is 0 Å². The topological polar surface area (TPSA) is 80.4 Å². The van der Waals surface area contributed by atoms with Gasteiger partial charge in [-0.3, -0.25) is 9.00 Å². The van der Waals surface area contributed by atoms with Crippen molar-refractivity contribution in [2.75, 3.05) is 0 Å². The lowest BCUT2D eigenvalue weighted by molar-refractivity contribution is -0.136. The van der Waals surface area contributed by atoms with E-state index < -0.39 is 27.6 Å². The van der Waals surface area contributed by atoms with E-state index >= 15 is 0 Å². The van der Waals surface area contributed by atoms with E-state index in [1.807, 2.05) is 26.0 Å². The Labute approximate surface area is 116 Å². The molecule has 0 aliphatic carbocycles. The van der Waals surface area contributed by atoms with E-state index in [-0.39, 0.29) is 6.42 Å². The SMILES string of the molecule is CCC[C@](O)(C(N)=O)[C@@H](C)S(=O)c1ccc(C)cc1. The van der Waals surface area contributed by atoms with Crippen LogP contribution in [0.2, 0.25) is 0 Å². The first-order valence-electron chi connectivity index (χ1n) is 6.32. The maximum atomic E-state index is 12.4. The Bertz CT molecular complexity index is 472. The fourth-order valence-corrected chi connectivity index (χ4v) is 3.36. The van der Waals surface area contributed by atoms with Crippen molar-refractivity contribution in [2.24, 2.45) is 5.73 Å². The number of hydrogen-bond acceptors (Lipinski definition) is 3. The molecule has 5 heteroatoms. The lowest BCUT2D eigenvalue weighted by Gasteiger charge is -2.30. The van der Waals surface area contributed by atoms with Crippen LogP contribution in [0.15, 0.2) is 29.2 Å². The number of carbonyl (C=O) groups excluding carboxylic acids is 1. The van der Waals surface area contributed by atoms with Gasteiger partial charge in [0, 0.05) is 4.90 Å². The third-order valence-electron chi connectivity index (χ3n) is 3.30. The van der Waals surface area contributed by atoms with Gasteiger partial charge in [-0.2, -0.15) is 0 Å². The summed E-state index contributed by atoms with van der Waals surface area (Å²) in [4.78, 5) is 12.1. The minimum atomic E-state index is -1.73. The molecule has 0 fully saturated rings. The molecule has 0 aliphatic heterocycles. The molecular weight excluding hydrogens is 262 g/mol. The molecule has 1 rings (SSSR count). The molecule has 0 spiro atoms. The number of nitrogens with two attached hydrogens (primary N) is 1. The number of aryl methyl sites for hydroxylation is 1. The number of amides is 1. The van der Waals surface area contributed by atoms with Crippen LogP contribution >= 0.6 is 0 Å². The van der Waals surface area contributed by atoms with Crippen molar-refractivity contribution in [3.05, 3.63) is 29.8 Å². The minimum absolute atomic E-state index is 0.209. The fourth-order valence-electron chi connectivity index (χ4n) is 1.96. The Balaban J connectivity index is 3.03. The van der Waals surface area contributed by atoms with Crippen LogP contribution in [0.4, 0.5) is 0 Å². The van der Waals surface area contributed by atoms with Gasteiger partial charge in [0.05, 0.1) is 16.0 Å². The highest BCUT2D eigenvalue weighted by molar-refractivity contribution is 7.85. The van der Waals surface area contributed by atoms with Crippen LogP contribution < -0.4 is 5.73 Å². The lowest BCUT2D eigenvalue weighted by Crippen LogP contribution is -2.53. The molecule has 0 aliphatic rings. The second kappa shape index (κ2) is 6.30. The molecule has 1 amide bonds. The van der Waals surface area contributed by atoms with Crippen LogP contribution in [0.25, 0.3) is 0 Å². The zero-order valence-corrected chi connectivity index (χ0v) is 12.4. The highest BCUT2D eigenvalue weighted by Gasteiger charge is 2.42. The molecule has 0 aromatic heterocycles. The molecular formula is C14H21NO3S. The normalized spacial score (nSPS) is 17.5. The van der Waals surface area contributed by atoms with Crippen LogP contribution in [0, 0.1) is 6.92 Å². The second-order valence-corrected chi connectivity index (χ2v) is 6.56. The van der Waals surface area contributed by atoms with E-state index in [1.54, 1.807) is 19.1 Å². The third kappa shape index (κ3) is 3.42. The standard InChI is InChI=1S/C14H21NO3S/c1-4-9-14(17,13(15)16)11(3)19(18)12-7-5-10(2)6-8-12/h5-8,11,17H,4,9H2,1-3H3,(H2,15,16)/t11-,14-,19?/m1/s1. The van der Waals surface area contributed by atoms with E-state index in [4.69, 9.17) is 5.73 Å². The van der Waals surface area contributed by atoms with Crippen LogP contribution in [0.3, 0.4) is 0 Å². The Morgan fingerprint density at radius 1 is 1.42 bits per heavy atom. The zero-order valence-electron chi connectivity index (χ0n) is 11.6. The highest BCUT2D eigenvalue weighted by Crippen LogP contribution is 2.25. The summed E-state index contributed by atoms with van der Waals surface area (Å²) >= 11 is 0. The molecule has 0 heterocycles. The molecule has 0 bridgehead atoms. The van der Waals surface area contributed by atoms with Gasteiger partial charge in [-0.1, -0.05) is 31.0 Å². The largest absolute Gasteiger partial charge is 0.379 e. The van der Waals surface area contributed by atoms with Gasteiger partial charge in [0.25, 0.3) is 5.91 Å². The quantitative estimate of drug-likeness (QED) is 0.830. The Kier molecular flexibility index (Phi) is 5.26. The summed E-state index contributed by atoms with van der Waals surface area (Å²) in [6.45, 7) is 5.37. The van der Waals surface area contributed by atoms with Gasteiger partial charge in [0.2, 0.25) is 0 Å². The Morgan fingerprint density at radius 3 is 2.37 bits per heavy atom. The van der Waals surface area contributed by atoms with Crippen LogP contribution in [0.1, 0.15) is 32.3 Å². The number of primary amides is 1. The number of benzene rings is 1. The summed E-state index contributed by atoms with van der Waals surface area (Å²) in [6.07, 6.45) is 0.802. The molecule has 0 saturated heterocycles. The van der Waals surface area contributed by atoms with E-state index in [0.29, 0.717) is 11.3 Å².